The molecule has 0 saturated heterocycles. The van der Waals surface area contributed by atoms with E-state index in [4.69, 9.17) is 4.74 Å². The Kier molecular flexibility index (Phi) is 4.69. The number of hydrogen-bond donors (Lipinski definition) is 0. The third-order valence-electron chi connectivity index (χ3n) is 3.98. The SMILES string of the molecule is COC(=C(C)C)C(C)n1cc(-c2cc(C)c(C)cc2F)cn1. The summed E-state index contributed by atoms with van der Waals surface area (Å²) in [6, 6.07) is 3.41. The van der Waals surface area contributed by atoms with Crippen molar-refractivity contribution in [2.24, 2.45) is 0 Å². The van der Waals surface area contributed by atoms with Crippen molar-refractivity contribution in [3.8, 4) is 11.1 Å². The maximum Gasteiger partial charge on any atom is 0.131 e. The minimum atomic E-state index is -0.218. The number of aromatic nitrogens is 2. The molecule has 0 aliphatic carbocycles. The third kappa shape index (κ3) is 3.06. The van der Waals surface area contributed by atoms with Gasteiger partial charge in [0, 0.05) is 17.3 Å². The fourth-order valence-electron chi connectivity index (χ4n) is 2.60. The minimum absolute atomic E-state index is 0.0293. The minimum Gasteiger partial charge on any atom is -0.499 e. The highest BCUT2D eigenvalue weighted by molar-refractivity contribution is 5.64. The van der Waals surface area contributed by atoms with Gasteiger partial charge in [-0.25, -0.2) is 4.39 Å². The van der Waals surface area contributed by atoms with Gasteiger partial charge < -0.3 is 4.74 Å². The van der Waals surface area contributed by atoms with Crippen LogP contribution in [0.3, 0.4) is 0 Å². The summed E-state index contributed by atoms with van der Waals surface area (Å²) in [6.07, 6.45) is 3.56. The van der Waals surface area contributed by atoms with Crippen LogP contribution in [0.2, 0.25) is 0 Å². The van der Waals surface area contributed by atoms with Gasteiger partial charge in [0.1, 0.15) is 17.6 Å². The number of allylic oxidation sites excluding steroid dienone is 2. The molecule has 0 fully saturated rings. The number of aryl methyl sites for hydroxylation is 2. The fraction of sp³-hybridized carbons (Fsp3) is 0.389. The van der Waals surface area contributed by atoms with E-state index in [-0.39, 0.29) is 11.9 Å². The van der Waals surface area contributed by atoms with E-state index in [0.717, 1.165) is 28.0 Å². The van der Waals surface area contributed by atoms with Gasteiger partial charge in [0.15, 0.2) is 0 Å². The molecule has 1 heterocycles. The Balaban J connectivity index is 2.41. The van der Waals surface area contributed by atoms with Gasteiger partial charge >= 0.3 is 0 Å². The van der Waals surface area contributed by atoms with Crippen molar-refractivity contribution in [1.82, 2.24) is 9.78 Å². The zero-order valence-electron chi connectivity index (χ0n) is 14.1. The van der Waals surface area contributed by atoms with E-state index < -0.39 is 0 Å². The predicted molar refractivity (Wildman–Crippen MR) is 87.2 cm³/mol. The maximum atomic E-state index is 14.2. The number of nitrogens with zero attached hydrogens (tertiary/aromatic N) is 2. The normalized spacial score (nSPS) is 12.1. The van der Waals surface area contributed by atoms with Gasteiger partial charge in [0.2, 0.25) is 0 Å². The second-order valence-corrected chi connectivity index (χ2v) is 5.87. The van der Waals surface area contributed by atoms with Crippen LogP contribution in [0, 0.1) is 19.7 Å². The molecule has 0 amide bonds. The Labute approximate surface area is 131 Å². The van der Waals surface area contributed by atoms with Crippen molar-refractivity contribution in [2.75, 3.05) is 7.11 Å². The molecule has 1 aromatic heterocycles. The Hall–Kier alpha value is -2.10. The Morgan fingerprint density at radius 3 is 2.45 bits per heavy atom. The van der Waals surface area contributed by atoms with Crippen LogP contribution in [0.1, 0.15) is 37.9 Å². The van der Waals surface area contributed by atoms with Crippen LogP contribution in [0.4, 0.5) is 4.39 Å². The Bertz CT molecular complexity index is 712. The molecule has 2 aromatic rings. The summed E-state index contributed by atoms with van der Waals surface area (Å²) >= 11 is 0. The molecule has 2 rings (SSSR count). The van der Waals surface area contributed by atoms with Crippen molar-refractivity contribution in [2.45, 2.75) is 40.7 Å². The van der Waals surface area contributed by atoms with Gasteiger partial charge in [-0.05, 0) is 63.5 Å². The summed E-state index contributed by atoms with van der Waals surface area (Å²) in [5.74, 6) is 0.652. The Morgan fingerprint density at radius 1 is 1.23 bits per heavy atom. The lowest BCUT2D eigenvalue weighted by molar-refractivity contribution is 0.237. The van der Waals surface area contributed by atoms with E-state index >= 15 is 0 Å². The van der Waals surface area contributed by atoms with Gasteiger partial charge in [-0.15, -0.1) is 0 Å². The number of hydrogen-bond acceptors (Lipinski definition) is 2. The topological polar surface area (TPSA) is 27.1 Å². The molecule has 0 spiro atoms. The zero-order chi connectivity index (χ0) is 16.4. The van der Waals surface area contributed by atoms with Crippen LogP contribution in [0.25, 0.3) is 11.1 Å². The molecule has 0 aliphatic rings. The van der Waals surface area contributed by atoms with Gasteiger partial charge in [-0.3, -0.25) is 4.68 Å². The van der Waals surface area contributed by atoms with E-state index in [1.54, 1.807) is 24.1 Å². The van der Waals surface area contributed by atoms with Crippen molar-refractivity contribution in [1.29, 1.82) is 0 Å². The summed E-state index contributed by atoms with van der Waals surface area (Å²) in [5, 5.41) is 4.37. The molecule has 0 radical (unpaired) electrons. The highest BCUT2D eigenvalue weighted by atomic mass is 19.1. The summed E-state index contributed by atoms with van der Waals surface area (Å²) in [5.41, 5.74) is 4.48. The van der Waals surface area contributed by atoms with Crippen LogP contribution in [-0.4, -0.2) is 16.9 Å². The molecule has 0 bridgehead atoms. The quantitative estimate of drug-likeness (QED) is 0.758. The van der Waals surface area contributed by atoms with E-state index in [1.165, 1.54) is 0 Å². The summed E-state index contributed by atoms with van der Waals surface area (Å²) in [7, 11) is 1.66. The first kappa shape index (κ1) is 16.3. The van der Waals surface area contributed by atoms with Crippen LogP contribution in [0.15, 0.2) is 35.9 Å². The first-order valence-corrected chi connectivity index (χ1v) is 7.37. The molecule has 1 unspecified atom stereocenters. The maximum absolute atomic E-state index is 14.2. The standard InChI is InChI=1S/C18H23FN2O/c1-11(2)18(22-6)14(5)21-10-15(9-20-21)16-7-12(3)13(4)8-17(16)19/h7-10,14H,1-6H3. The number of ether oxygens (including phenoxy) is 1. The van der Waals surface area contributed by atoms with Crippen LogP contribution >= 0.6 is 0 Å². The molecule has 0 aliphatic heterocycles. The molecule has 1 atom stereocenters. The van der Waals surface area contributed by atoms with Crippen molar-refractivity contribution in [3.63, 3.8) is 0 Å². The monoisotopic (exact) mass is 302 g/mol. The lowest BCUT2D eigenvalue weighted by atomic mass is 10.0. The smallest absolute Gasteiger partial charge is 0.131 e. The summed E-state index contributed by atoms with van der Waals surface area (Å²) in [4.78, 5) is 0. The molecule has 0 saturated carbocycles. The average molecular weight is 302 g/mol. The number of rotatable bonds is 4. The van der Waals surface area contributed by atoms with E-state index in [2.05, 4.69) is 5.10 Å². The van der Waals surface area contributed by atoms with Crippen molar-refractivity contribution in [3.05, 3.63) is 52.8 Å². The van der Waals surface area contributed by atoms with Gasteiger partial charge in [0.25, 0.3) is 0 Å². The van der Waals surface area contributed by atoms with Crippen LogP contribution in [0.5, 0.6) is 0 Å². The van der Waals surface area contributed by atoms with Crippen molar-refractivity contribution >= 4 is 0 Å². The number of halogens is 1. The highest BCUT2D eigenvalue weighted by Gasteiger charge is 2.16. The first-order valence-electron chi connectivity index (χ1n) is 7.37. The number of methoxy groups -OCH3 is 1. The molecule has 118 valence electrons. The lowest BCUT2D eigenvalue weighted by Crippen LogP contribution is -2.11. The lowest BCUT2D eigenvalue weighted by Gasteiger charge is -2.17. The largest absolute Gasteiger partial charge is 0.499 e. The zero-order valence-corrected chi connectivity index (χ0v) is 14.1. The average Bonchev–Trinajstić information content (AvgIpc) is 2.92. The molecule has 4 heteroatoms. The molecule has 0 N–H and O–H groups in total. The summed E-state index contributed by atoms with van der Waals surface area (Å²) < 4.78 is 21.5. The molecular weight excluding hydrogens is 279 g/mol. The predicted octanol–water partition coefficient (Wildman–Crippen LogP) is 4.81. The molecule has 1 aromatic carbocycles. The van der Waals surface area contributed by atoms with Crippen molar-refractivity contribution < 1.29 is 9.13 Å². The number of benzene rings is 1. The van der Waals surface area contributed by atoms with Crippen LogP contribution in [-0.2, 0) is 4.74 Å². The molecule has 22 heavy (non-hydrogen) atoms. The first-order chi connectivity index (χ1) is 10.3. The summed E-state index contributed by atoms with van der Waals surface area (Å²) in [6.45, 7) is 9.91. The molecule has 3 nitrogen and oxygen atoms in total. The van der Waals surface area contributed by atoms with E-state index in [0.29, 0.717) is 5.56 Å². The van der Waals surface area contributed by atoms with E-state index in [9.17, 15) is 4.39 Å². The fourth-order valence-corrected chi connectivity index (χ4v) is 2.60. The van der Waals surface area contributed by atoms with Gasteiger partial charge in [0.05, 0.1) is 13.3 Å². The molecular formula is C18H23FN2O. The third-order valence-corrected chi connectivity index (χ3v) is 3.98. The highest BCUT2D eigenvalue weighted by Crippen LogP contribution is 2.28. The van der Waals surface area contributed by atoms with E-state index in [1.807, 2.05) is 46.9 Å². The van der Waals surface area contributed by atoms with Gasteiger partial charge in [-0.2, -0.15) is 5.10 Å². The second kappa shape index (κ2) is 6.34. The Morgan fingerprint density at radius 2 is 1.86 bits per heavy atom. The van der Waals surface area contributed by atoms with Gasteiger partial charge in [-0.1, -0.05) is 0 Å². The second-order valence-electron chi connectivity index (χ2n) is 5.87. The van der Waals surface area contributed by atoms with Crippen LogP contribution < -0.4 is 0 Å².